The Kier molecular flexibility index (Phi) is 2.38. The average Bonchev–Trinajstić information content (AvgIpc) is 2.87. The fraction of sp³-hybridized carbons (Fsp3) is 0.0833. The fourth-order valence-corrected chi connectivity index (χ4v) is 2.57. The minimum atomic E-state index is -0.977. The van der Waals surface area contributed by atoms with Crippen LogP contribution in [0.4, 0.5) is 0 Å². The maximum Gasteiger partial charge on any atom is 0.352 e. The van der Waals surface area contributed by atoms with E-state index in [2.05, 4.69) is 15.0 Å². The molecule has 0 saturated carbocycles. The van der Waals surface area contributed by atoms with Crippen LogP contribution >= 0.6 is 11.3 Å². The summed E-state index contributed by atoms with van der Waals surface area (Å²) in [5.41, 5.74) is 2.64. The van der Waals surface area contributed by atoms with Gasteiger partial charge in [-0.2, -0.15) is 0 Å². The van der Waals surface area contributed by atoms with E-state index < -0.39 is 5.97 Å². The van der Waals surface area contributed by atoms with E-state index in [4.69, 9.17) is 5.11 Å². The van der Waals surface area contributed by atoms with E-state index >= 15 is 0 Å². The van der Waals surface area contributed by atoms with Crippen LogP contribution in [0, 0.1) is 6.92 Å². The summed E-state index contributed by atoms with van der Waals surface area (Å²) in [5, 5.41) is 9.64. The highest BCUT2D eigenvalue weighted by molar-refractivity contribution is 7.21. The number of aromatic carboxylic acids is 1. The summed E-state index contributed by atoms with van der Waals surface area (Å²) < 4.78 is 0.824. The van der Waals surface area contributed by atoms with Gasteiger partial charge in [0.15, 0.2) is 0 Å². The van der Waals surface area contributed by atoms with Crippen molar-refractivity contribution in [2.45, 2.75) is 6.92 Å². The lowest BCUT2D eigenvalue weighted by Crippen LogP contribution is -1.95. The van der Waals surface area contributed by atoms with Crippen LogP contribution in [0.15, 0.2) is 24.4 Å². The van der Waals surface area contributed by atoms with Crippen LogP contribution in [0.5, 0.6) is 0 Å². The van der Waals surface area contributed by atoms with E-state index in [9.17, 15) is 4.79 Å². The highest BCUT2D eigenvalue weighted by atomic mass is 32.1. The second kappa shape index (κ2) is 3.92. The number of hydrogen-bond acceptors (Lipinski definition) is 4. The van der Waals surface area contributed by atoms with Gasteiger partial charge in [0.25, 0.3) is 0 Å². The van der Waals surface area contributed by atoms with Gasteiger partial charge in [0.2, 0.25) is 0 Å². The van der Waals surface area contributed by atoms with Crippen molar-refractivity contribution in [2.24, 2.45) is 0 Å². The lowest BCUT2D eigenvalue weighted by molar-refractivity contribution is 0.0691. The summed E-state index contributed by atoms with van der Waals surface area (Å²) in [6.07, 6.45) is 1.79. The summed E-state index contributed by atoms with van der Waals surface area (Å²) in [6, 6.07) is 5.47. The van der Waals surface area contributed by atoms with Gasteiger partial charge in [0.1, 0.15) is 16.3 Å². The number of aromatic nitrogens is 3. The third-order valence-electron chi connectivity index (χ3n) is 2.54. The molecule has 0 aromatic carbocycles. The normalized spacial score (nSPS) is 10.9. The molecule has 0 unspecified atom stereocenters. The largest absolute Gasteiger partial charge is 0.477 e. The Morgan fingerprint density at radius 3 is 2.89 bits per heavy atom. The molecule has 5 nitrogen and oxygen atoms in total. The molecule has 0 spiro atoms. The Hall–Kier alpha value is -2.21. The zero-order valence-electron chi connectivity index (χ0n) is 9.47. The summed E-state index contributed by atoms with van der Waals surface area (Å²) in [4.78, 5) is 22.2. The zero-order valence-corrected chi connectivity index (χ0v) is 10.3. The van der Waals surface area contributed by atoms with E-state index in [-0.39, 0.29) is 5.69 Å². The predicted molar refractivity (Wildman–Crippen MR) is 68.9 cm³/mol. The molecule has 0 aliphatic heterocycles. The first-order valence-electron chi connectivity index (χ1n) is 5.29. The monoisotopic (exact) mass is 259 g/mol. The number of fused-ring (bicyclic) bond motifs is 1. The molecule has 18 heavy (non-hydrogen) atoms. The number of nitrogens with zero attached hydrogens (tertiary/aromatic N) is 2. The summed E-state index contributed by atoms with van der Waals surface area (Å²) >= 11 is 1.43. The van der Waals surface area contributed by atoms with Gasteiger partial charge < -0.3 is 10.1 Å². The van der Waals surface area contributed by atoms with Crippen LogP contribution in [-0.4, -0.2) is 26.0 Å². The van der Waals surface area contributed by atoms with Gasteiger partial charge in [0.05, 0.1) is 10.4 Å². The third-order valence-corrected chi connectivity index (χ3v) is 3.57. The van der Waals surface area contributed by atoms with Gasteiger partial charge >= 0.3 is 5.97 Å². The number of rotatable bonds is 2. The van der Waals surface area contributed by atoms with E-state index in [0.29, 0.717) is 5.65 Å². The Morgan fingerprint density at radius 2 is 2.28 bits per heavy atom. The van der Waals surface area contributed by atoms with Gasteiger partial charge in [0, 0.05) is 6.20 Å². The van der Waals surface area contributed by atoms with Crippen molar-refractivity contribution < 1.29 is 9.90 Å². The molecule has 0 aliphatic carbocycles. The van der Waals surface area contributed by atoms with Crippen molar-refractivity contribution in [3.8, 4) is 10.7 Å². The molecule has 0 amide bonds. The minimum Gasteiger partial charge on any atom is -0.477 e. The van der Waals surface area contributed by atoms with Gasteiger partial charge in [-0.1, -0.05) is 6.07 Å². The van der Waals surface area contributed by atoms with Crippen molar-refractivity contribution in [2.75, 3.05) is 0 Å². The lowest BCUT2D eigenvalue weighted by Gasteiger charge is -1.95. The van der Waals surface area contributed by atoms with Crippen molar-refractivity contribution in [3.05, 3.63) is 35.7 Å². The van der Waals surface area contributed by atoms with Crippen LogP contribution in [0.1, 0.15) is 16.1 Å². The van der Waals surface area contributed by atoms with Crippen molar-refractivity contribution in [1.82, 2.24) is 15.0 Å². The van der Waals surface area contributed by atoms with Crippen LogP contribution in [-0.2, 0) is 0 Å². The molecule has 2 N–H and O–H groups in total. The number of H-pyrrole nitrogens is 1. The molecule has 0 fully saturated rings. The van der Waals surface area contributed by atoms with Gasteiger partial charge in [-0.05, 0) is 24.6 Å². The van der Waals surface area contributed by atoms with Crippen LogP contribution < -0.4 is 0 Å². The number of aryl methyl sites for hydroxylation is 1. The molecule has 0 saturated heterocycles. The molecule has 3 heterocycles. The average molecular weight is 259 g/mol. The maximum atomic E-state index is 10.8. The summed E-state index contributed by atoms with van der Waals surface area (Å²) in [7, 11) is 0. The Balaban J connectivity index is 2.06. The van der Waals surface area contributed by atoms with Gasteiger partial charge in [-0.3, -0.25) is 4.98 Å². The second-order valence-corrected chi connectivity index (χ2v) is 4.97. The topological polar surface area (TPSA) is 78.9 Å². The van der Waals surface area contributed by atoms with Crippen molar-refractivity contribution in [3.63, 3.8) is 0 Å². The number of hydrogen-bond donors (Lipinski definition) is 2. The second-order valence-electron chi connectivity index (χ2n) is 3.94. The number of nitrogens with one attached hydrogen (secondary N) is 1. The number of carbonyl (C=O) groups is 1. The standard InChI is InChI=1S/C12H9N3O2S/c1-6-2-3-7(13-5-6)11-15-10-9(18-11)4-8(14-10)12(16)17/h2-5,14H,1H3,(H,16,17). The number of carboxylic acids is 1. The van der Waals surface area contributed by atoms with E-state index in [1.807, 2.05) is 19.1 Å². The zero-order chi connectivity index (χ0) is 12.7. The Labute approximate surface area is 106 Å². The van der Waals surface area contributed by atoms with E-state index in [1.165, 1.54) is 11.3 Å². The summed E-state index contributed by atoms with van der Waals surface area (Å²) in [5.74, 6) is -0.977. The van der Waals surface area contributed by atoms with Crippen LogP contribution in [0.25, 0.3) is 21.0 Å². The third kappa shape index (κ3) is 1.76. The number of aromatic amines is 1. The van der Waals surface area contributed by atoms with Crippen molar-refractivity contribution in [1.29, 1.82) is 0 Å². The quantitative estimate of drug-likeness (QED) is 0.741. The number of thiazole rings is 1. The molecule has 0 atom stereocenters. The molecule has 6 heteroatoms. The van der Waals surface area contributed by atoms with E-state index in [1.54, 1.807) is 12.3 Å². The SMILES string of the molecule is Cc1ccc(-c2nc3[nH]c(C(=O)O)cc3s2)nc1. The van der Waals surface area contributed by atoms with E-state index in [0.717, 1.165) is 21.0 Å². The molecule has 3 aromatic heterocycles. The van der Waals surface area contributed by atoms with Crippen LogP contribution in [0.2, 0.25) is 0 Å². The molecule has 90 valence electrons. The lowest BCUT2D eigenvalue weighted by atomic mass is 10.3. The highest BCUT2D eigenvalue weighted by Crippen LogP contribution is 2.29. The Morgan fingerprint density at radius 1 is 1.44 bits per heavy atom. The molecular weight excluding hydrogens is 250 g/mol. The highest BCUT2D eigenvalue weighted by Gasteiger charge is 2.13. The van der Waals surface area contributed by atoms with Gasteiger partial charge in [-0.15, -0.1) is 11.3 Å². The first-order chi connectivity index (χ1) is 8.63. The van der Waals surface area contributed by atoms with Crippen molar-refractivity contribution >= 4 is 27.7 Å². The summed E-state index contributed by atoms with van der Waals surface area (Å²) in [6.45, 7) is 1.97. The minimum absolute atomic E-state index is 0.159. The molecule has 3 aromatic rings. The van der Waals surface area contributed by atoms with Crippen LogP contribution in [0.3, 0.4) is 0 Å². The first-order valence-corrected chi connectivity index (χ1v) is 6.11. The molecule has 0 bridgehead atoms. The van der Waals surface area contributed by atoms with Gasteiger partial charge in [-0.25, -0.2) is 9.78 Å². The predicted octanol–water partition coefficient (Wildman–Crippen LogP) is 2.69. The number of carboxylic acid groups (broad SMARTS) is 1. The first kappa shape index (κ1) is 10.9. The molecule has 0 radical (unpaired) electrons. The molecule has 3 rings (SSSR count). The number of pyridine rings is 1. The smallest absolute Gasteiger partial charge is 0.352 e. The Bertz CT molecular complexity index is 696. The maximum absolute atomic E-state index is 10.8. The molecule has 0 aliphatic rings. The molecular formula is C12H9N3O2S. The fourth-order valence-electron chi connectivity index (χ4n) is 1.63.